The topological polar surface area (TPSA) is 32.3 Å². The van der Waals surface area contributed by atoms with Gasteiger partial charge in [0.15, 0.2) is 0 Å². The number of nitrogens with zero attached hydrogens (tertiary/aromatic N) is 4. The minimum absolute atomic E-state index is 0.612. The Kier molecular flexibility index (Phi) is 4.19. The van der Waals surface area contributed by atoms with Crippen LogP contribution in [0.15, 0.2) is 42.9 Å². The molecule has 5 heteroatoms. The van der Waals surface area contributed by atoms with Crippen molar-refractivity contribution in [1.82, 2.24) is 14.9 Å². The lowest BCUT2D eigenvalue weighted by Crippen LogP contribution is -2.48. The van der Waals surface area contributed by atoms with Gasteiger partial charge in [0.25, 0.3) is 0 Å². The lowest BCUT2D eigenvalue weighted by molar-refractivity contribution is 0.200. The second kappa shape index (κ2) is 6.46. The van der Waals surface area contributed by atoms with E-state index in [2.05, 4.69) is 31.9 Å². The van der Waals surface area contributed by atoms with E-state index in [1.807, 2.05) is 18.3 Å². The summed E-state index contributed by atoms with van der Waals surface area (Å²) >= 11 is 5.99. The van der Waals surface area contributed by atoms with E-state index >= 15 is 0 Å². The van der Waals surface area contributed by atoms with Crippen molar-refractivity contribution in [2.24, 2.45) is 5.92 Å². The van der Waals surface area contributed by atoms with Crippen molar-refractivity contribution in [2.75, 3.05) is 24.5 Å². The SMILES string of the molecule is Clc1ccc(CN2CCC3CCN(c4cnccn4)CC32)cc1. The van der Waals surface area contributed by atoms with Crippen molar-refractivity contribution in [2.45, 2.75) is 25.4 Å². The highest BCUT2D eigenvalue weighted by molar-refractivity contribution is 6.30. The highest BCUT2D eigenvalue weighted by Crippen LogP contribution is 2.33. The summed E-state index contributed by atoms with van der Waals surface area (Å²) in [7, 11) is 0. The molecule has 2 unspecified atom stereocenters. The Bertz CT molecular complexity index is 646. The molecule has 1 aromatic carbocycles. The highest BCUT2D eigenvalue weighted by atomic mass is 35.5. The fourth-order valence-electron chi connectivity index (χ4n) is 3.91. The van der Waals surface area contributed by atoms with Gasteiger partial charge >= 0.3 is 0 Å². The Balaban J connectivity index is 1.47. The lowest BCUT2D eigenvalue weighted by atomic mass is 9.92. The molecule has 0 saturated carbocycles. The van der Waals surface area contributed by atoms with E-state index in [0.717, 1.165) is 36.4 Å². The molecule has 2 aliphatic rings. The molecule has 0 radical (unpaired) electrons. The molecular weight excluding hydrogens is 308 g/mol. The van der Waals surface area contributed by atoms with Crippen molar-refractivity contribution in [3.05, 3.63) is 53.4 Å². The number of hydrogen-bond acceptors (Lipinski definition) is 4. The molecule has 2 aromatic rings. The van der Waals surface area contributed by atoms with Crippen LogP contribution in [-0.2, 0) is 6.54 Å². The van der Waals surface area contributed by atoms with Crippen LogP contribution in [0.1, 0.15) is 18.4 Å². The van der Waals surface area contributed by atoms with Gasteiger partial charge < -0.3 is 4.90 Å². The number of anilines is 1. The molecule has 2 saturated heterocycles. The molecule has 2 atom stereocenters. The van der Waals surface area contributed by atoms with Crippen LogP contribution in [0.2, 0.25) is 5.02 Å². The van der Waals surface area contributed by atoms with E-state index < -0.39 is 0 Å². The van der Waals surface area contributed by atoms with Crippen molar-refractivity contribution < 1.29 is 0 Å². The molecule has 23 heavy (non-hydrogen) atoms. The quantitative estimate of drug-likeness (QED) is 0.866. The number of rotatable bonds is 3. The zero-order valence-electron chi connectivity index (χ0n) is 13.1. The first-order chi connectivity index (χ1) is 11.3. The molecule has 2 fully saturated rings. The molecule has 0 bridgehead atoms. The van der Waals surface area contributed by atoms with Gasteiger partial charge in [-0.05, 0) is 43.0 Å². The summed E-state index contributed by atoms with van der Waals surface area (Å²) in [5, 5.41) is 0.805. The average molecular weight is 329 g/mol. The maximum absolute atomic E-state index is 5.99. The summed E-state index contributed by atoms with van der Waals surface area (Å²) in [4.78, 5) is 13.7. The molecule has 120 valence electrons. The van der Waals surface area contributed by atoms with Crippen LogP contribution in [0.25, 0.3) is 0 Å². The summed E-state index contributed by atoms with van der Waals surface area (Å²) < 4.78 is 0. The Labute approximate surface area is 142 Å². The third-order valence-corrected chi connectivity index (χ3v) is 5.40. The monoisotopic (exact) mass is 328 g/mol. The summed E-state index contributed by atoms with van der Waals surface area (Å²) in [6, 6.07) is 8.85. The van der Waals surface area contributed by atoms with Gasteiger partial charge in [-0.3, -0.25) is 9.88 Å². The van der Waals surface area contributed by atoms with Gasteiger partial charge in [-0.25, -0.2) is 4.98 Å². The van der Waals surface area contributed by atoms with E-state index in [0.29, 0.717) is 6.04 Å². The maximum Gasteiger partial charge on any atom is 0.147 e. The number of likely N-dealkylation sites (tertiary alicyclic amines) is 1. The van der Waals surface area contributed by atoms with Crippen LogP contribution in [0.4, 0.5) is 5.82 Å². The molecule has 0 aliphatic carbocycles. The number of benzene rings is 1. The van der Waals surface area contributed by atoms with Crippen LogP contribution >= 0.6 is 11.6 Å². The zero-order valence-corrected chi connectivity index (χ0v) is 13.9. The van der Waals surface area contributed by atoms with Gasteiger partial charge in [0.1, 0.15) is 5.82 Å². The zero-order chi connectivity index (χ0) is 15.6. The molecule has 4 nitrogen and oxygen atoms in total. The molecule has 0 spiro atoms. The Morgan fingerprint density at radius 1 is 1.09 bits per heavy atom. The Hall–Kier alpha value is -1.65. The van der Waals surface area contributed by atoms with Crippen molar-refractivity contribution in [3.63, 3.8) is 0 Å². The fourth-order valence-corrected chi connectivity index (χ4v) is 4.04. The van der Waals surface area contributed by atoms with E-state index in [-0.39, 0.29) is 0 Å². The van der Waals surface area contributed by atoms with Gasteiger partial charge in [0, 0.05) is 43.1 Å². The van der Waals surface area contributed by atoms with Crippen molar-refractivity contribution >= 4 is 17.4 Å². The van der Waals surface area contributed by atoms with Crippen LogP contribution in [0.5, 0.6) is 0 Å². The van der Waals surface area contributed by atoms with E-state index in [9.17, 15) is 0 Å². The molecule has 0 amide bonds. The predicted octanol–water partition coefficient (Wildman–Crippen LogP) is 3.23. The third kappa shape index (κ3) is 3.19. The van der Waals surface area contributed by atoms with Gasteiger partial charge in [-0.15, -0.1) is 0 Å². The van der Waals surface area contributed by atoms with Gasteiger partial charge in [0.2, 0.25) is 0 Å². The summed E-state index contributed by atoms with van der Waals surface area (Å²) in [5.74, 6) is 1.82. The van der Waals surface area contributed by atoms with E-state index in [1.165, 1.54) is 24.9 Å². The number of piperidine rings is 1. The van der Waals surface area contributed by atoms with Crippen LogP contribution < -0.4 is 4.90 Å². The first-order valence-electron chi connectivity index (χ1n) is 8.29. The average Bonchev–Trinajstić information content (AvgIpc) is 3.00. The molecular formula is C18H21ClN4. The minimum Gasteiger partial charge on any atom is -0.354 e. The number of hydrogen-bond donors (Lipinski definition) is 0. The summed E-state index contributed by atoms with van der Waals surface area (Å²) in [6.07, 6.45) is 7.95. The summed E-state index contributed by atoms with van der Waals surface area (Å²) in [6.45, 7) is 4.34. The lowest BCUT2D eigenvalue weighted by Gasteiger charge is -2.39. The normalized spacial score (nSPS) is 24.7. The highest BCUT2D eigenvalue weighted by Gasteiger charge is 2.38. The summed E-state index contributed by atoms with van der Waals surface area (Å²) in [5.41, 5.74) is 1.34. The Morgan fingerprint density at radius 3 is 2.70 bits per heavy atom. The minimum atomic E-state index is 0.612. The first-order valence-corrected chi connectivity index (χ1v) is 8.67. The second-order valence-corrected chi connectivity index (χ2v) is 6.95. The number of fused-ring (bicyclic) bond motifs is 1. The van der Waals surface area contributed by atoms with Gasteiger partial charge in [-0.1, -0.05) is 23.7 Å². The van der Waals surface area contributed by atoms with Crippen molar-refractivity contribution in [1.29, 1.82) is 0 Å². The predicted molar refractivity (Wildman–Crippen MR) is 92.6 cm³/mol. The Morgan fingerprint density at radius 2 is 1.91 bits per heavy atom. The number of aromatic nitrogens is 2. The van der Waals surface area contributed by atoms with Gasteiger partial charge in [0.05, 0.1) is 6.20 Å². The molecule has 0 N–H and O–H groups in total. The van der Waals surface area contributed by atoms with Crippen LogP contribution in [-0.4, -0.2) is 40.5 Å². The fraction of sp³-hybridized carbons (Fsp3) is 0.444. The van der Waals surface area contributed by atoms with Crippen LogP contribution in [0, 0.1) is 5.92 Å². The van der Waals surface area contributed by atoms with E-state index in [1.54, 1.807) is 12.4 Å². The smallest absolute Gasteiger partial charge is 0.147 e. The van der Waals surface area contributed by atoms with Gasteiger partial charge in [-0.2, -0.15) is 0 Å². The third-order valence-electron chi connectivity index (χ3n) is 5.15. The first kappa shape index (κ1) is 14.9. The van der Waals surface area contributed by atoms with E-state index in [4.69, 9.17) is 11.6 Å². The molecule has 2 aliphatic heterocycles. The largest absolute Gasteiger partial charge is 0.354 e. The maximum atomic E-state index is 5.99. The van der Waals surface area contributed by atoms with Crippen molar-refractivity contribution in [3.8, 4) is 0 Å². The number of halogens is 1. The second-order valence-electron chi connectivity index (χ2n) is 6.51. The van der Waals surface area contributed by atoms with Crippen LogP contribution in [0.3, 0.4) is 0 Å². The standard InChI is InChI=1S/C18H21ClN4/c19-16-3-1-14(2-4-16)12-22-9-5-15-6-10-23(13-17(15)22)18-11-20-7-8-21-18/h1-4,7-8,11,15,17H,5-6,9-10,12-13H2. The molecule has 4 rings (SSSR count). The molecule has 3 heterocycles. The molecule has 1 aromatic heterocycles.